The van der Waals surface area contributed by atoms with Crippen LogP contribution in [0.15, 0.2) is 59.7 Å². The summed E-state index contributed by atoms with van der Waals surface area (Å²) in [6, 6.07) is 14.5. The van der Waals surface area contributed by atoms with E-state index in [4.69, 9.17) is 39.5 Å². The summed E-state index contributed by atoms with van der Waals surface area (Å²) in [5.41, 5.74) is 4.58. The summed E-state index contributed by atoms with van der Waals surface area (Å²) >= 11 is 18.6. The molecule has 1 N–H and O–H groups in total. The summed E-state index contributed by atoms with van der Waals surface area (Å²) in [5.74, 6) is -0.592. The highest BCUT2D eigenvalue weighted by Crippen LogP contribution is 2.34. The molecule has 0 saturated heterocycles. The maximum Gasteiger partial charge on any atom is 0.272 e. The van der Waals surface area contributed by atoms with Crippen molar-refractivity contribution in [3.05, 3.63) is 97.7 Å². The van der Waals surface area contributed by atoms with Crippen LogP contribution in [0.4, 0.5) is 4.39 Å². The first kappa shape index (κ1) is 22.1. The highest BCUT2D eigenvalue weighted by atomic mass is 35.5. The molecule has 0 aliphatic heterocycles. The third-order valence-electron chi connectivity index (χ3n) is 4.10. The normalized spacial score (nSPS) is 11.0. The molecule has 0 unspecified atom stereocenters. The van der Waals surface area contributed by atoms with Crippen LogP contribution in [0.2, 0.25) is 15.1 Å². The Hall–Kier alpha value is -2.60. The molecule has 0 saturated carbocycles. The van der Waals surface area contributed by atoms with Crippen LogP contribution in [0.1, 0.15) is 27.0 Å². The van der Waals surface area contributed by atoms with Gasteiger partial charge in [-0.05, 0) is 48.4 Å². The quantitative estimate of drug-likeness (QED) is 0.336. The van der Waals surface area contributed by atoms with Crippen molar-refractivity contribution in [1.29, 1.82) is 0 Å². The average molecular weight is 466 g/mol. The summed E-state index contributed by atoms with van der Waals surface area (Å²) in [5, 5.41) is 4.71. The molecular formula is C22H16Cl3FN2O2. The van der Waals surface area contributed by atoms with Crippen molar-refractivity contribution in [3.8, 4) is 5.75 Å². The van der Waals surface area contributed by atoms with Gasteiger partial charge in [0.05, 0.1) is 26.8 Å². The van der Waals surface area contributed by atoms with Gasteiger partial charge in [0.15, 0.2) is 5.75 Å². The van der Waals surface area contributed by atoms with Gasteiger partial charge in [0, 0.05) is 5.56 Å². The molecule has 0 bridgehead atoms. The first-order valence-corrected chi connectivity index (χ1v) is 9.93. The third-order valence-corrected chi connectivity index (χ3v) is 4.97. The third kappa shape index (κ3) is 5.51. The molecule has 3 aromatic rings. The van der Waals surface area contributed by atoms with E-state index in [9.17, 15) is 9.18 Å². The lowest BCUT2D eigenvalue weighted by Crippen LogP contribution is -2.18. The van der Waals surface area contributed by atoms with Crippen LogP contribution in [-0.2, 0) is 6.61 Å². The van der Waals surface area contributed by atoms with Crippen LogP contribution in [0.25, 0.3) is 0 Å². The van der Waals surface area contributed by atoms with Crippen LogP contribution in [-0.4, -0.2) is 12.1 Å². The second-order valence-electron chi connectivity index (χ2n) is 6.38. The Kier molecular flexibility index (Phi) is 7.32. The molecule has 0 aromatic heterocycles. The molecule has 0 heterocycles. The Morgan fingerprint density at radius 3 is 2.43 bits per heavy atom. The van der Waals surface area contributed by atoms with Crippen molar-refractivity contribution < 1.29 is 13.9 Å². The number of amides is 1. The van der Waals surface area contributed by atoms with Gasteiger partial charge in [-0.1, -0.05) is 59.1 Å². The summed E-state index contributed by atoms with van der Waals surface area (Å²) in [6.07, 6.45) is 1.39. The number of ether oxygens (including phenoxy) is 1. The van der Waals surface area contributed by atoms with E-state index in [0.717, 1.165) is 5.56 Å². The fourth-order valence-electron chi connectivity index (χ4n) is 2.59. The largest absolute Gasteiger partial charge is 0.486 e. The second-order valence-corrected chi connectivity index (χ2v) is 7.60. The van der Waals surface area contributed by atoms with Crippen LogP contribution < -0.4 is 10.2 Å². The van der Waals surface area contributed by atoms with E-state index in [-0.39, 0.29) is 28.2 Å². The molecular weight excluding hydrogens is 450 g/mol. The number of carbonyl (C=O) groups excluding carboxylic acids is 1. The molecule has 30 heavy (non-hydrogen) atoms. The minimum Gasteiger partial charge on any atom is -0.486 e. The molecule has 1 amide bonds. The number of hydrogen-bond donors (Lipinski definition) is 1. The van der Waals surface area contributed by atoms with E-state index >= 15 is 0 Å². The summed E-state index contributed by atoms with van der Waals surface area (Å²) in [6.45, 7) is 1.86. The molecule has 0 aliphatic carbocycles. The zero-order valence-corrected chi connectivity index (χ0v) is 18.0. The number of carbonyl (C=O) groups is 1. The van der Waals surface area contributed by atoms with Crippen molar-refractivity contribution in [1.82, 2.24) is 5.43 Å². The Balaban J connectivity index is 1.67. The lowest BCUT2D eigenvalue weighted by molar-refractivity contribution is 0.0955. The number of hydrazone groups is 1. The zero-order valence-electron chi connectivity index (χ0n) is 15.8. The maximum absolute atomic E-state index is 13.7. The SMILES string of the molecule is Cc1ccc(C(=O)N/N=C\c2cc(Cl)c(OCc3ccccc3F)c(Cl)c2)c(Cl)c1. The van der Waals surface area contributed by atoms with Gasteiger partial charge in [-0.25, -0.2) is 9.82 Å². The highest BCUT2D eigenvalue weighted by Gasteiger charge is 2.12. The number of aryl methyl sites for hydroxylation is 1. The molecule has 0 atom stereocenters. The van der Waals surface area contributed by atoms with Crippen molar-refractivity contribution in [2.75, 3.05) is 0 Å². The van der Waals surface area contributed by atoms with E-state index in [2.05, 4.69) is 10.5 Å². The molecule has 3 rings (SSSR count). The lowest BCUT2D eigenvalue weighted by atomic mass is 10.1. The van der Waals surface area contributed by atoms with Crippen molar-refractivity contribution in [3.63, 3.8) is 0 Å². The summed E-state index contributed by atoms with van der Waals surface area (Å²) in [7, 11) is 0. The molecule has 4 nitrogen and oxygen atoms in total. The molecule has 0 aliphatic rings. The number of halogens is 4. The first-order chi connectivity index (χ1) is 14.3. The van der Waals surface area contributed by atoms with E-state index in [1.807, 2.05) is 6.92 Å². The fraction of sp³-hybridized carbons (Fsp3) is 0.0909. The Labute approximate surface area is 188 Å². The monoisotopic (exact) mass is 464 g/mol. The number of benzene rings is 3. The zero-order chi connectivity index (χ0) is 21.7. The van der Waals surface area contributed by atoms with Crippen LogP contribution >= 0.6 is 34.8 Å². The van der Waals surface area contributed by atoms with E-state index < -0.39 is 5.91 Å². The predicted octanol–water partition coefficient (Wildman–Crippen LogP) is 6.44. The molecule has 154 valence electrons. The number of hydrogen-bond acceptors (Lipinski definition) is 3. The lowest BCUT2D eigenvalue weighted by Gasteiger charge is -2.11. The minimum absolute atomic E-state index is 0.0209. The predicted molar refractivity (Wildman–Crippen MR) is 118 cm³/mol. The van der Waals surface area contributed by atoms with Gasteiger partial charge in [-0.3, -0.25) is 4.79 Å². The fourth-order valence-corrected chi connectivity index (χ4v) is 3.52. The topological polar surface area (TPSA) is 50.7 Å². The van der Waals surface area contributed by atoms with Gasteiger partial charge in [0.2, 0.25) is 0 Å². The van der Waals surface area contributed by atoms with Gasteiger partial charge in [0.25, 0.3) is 5.91 Å². The van der Waals surface area contributed by atoms with Crippen LogP contribution in [0.3, 0.4) is 0 Å². The smallest absolute Gasteiger partial charge is 0.272 e. The molecule has 3 aromatic carbocycles. The first-order valence-electron chi connectivity index (χ1n) is 8.80. The molecule has 0 fully saturated rings. The van der Waals surface area contributed by atoms with E-state index in [1.165, 1.54) is 12.3 Å². The van der Waals surface area contributed by atoms with Gasteiger partial charge in [-0.2, -0.15) is 5.10 Å². The summed E-state index contributed by atoms with van der Waals surface area (Å²) < 4.78 is 19.3. The van der Waals surface area contributed by atoms with Gasteiger partial charge < -0.3 is 4.74 Å². The van der Waals surface area contributed by atoms with E-state index in [0.29, 0.717) is 21.7 Å². The van der Waals surface area contributed by atoms with Gasteiger partial charge in [-0.15, -0.1) is 0 Å². The Morgan fingerprint density at radius 2 is 1.77 bits per heavy atom. The number of rotatable bonds is 6. The Bertz CT molecular complexity index is 1100. The standard InChI is InChI=1S/C22H16Cl3FN2O2/c1-13-6-7-16(17(23)8-13)22(29)28-27-11-14-9-18(24)21(19(25)10-14)30-12-15-4-2-3-5-20(15)26/h2-11H,12H2,1H3,(H,28,29)/b27-11-. The molecule has 8 heteroatoms. The van der Waals surface area contributed by atoms with Gasteiger partial charge in [0.1, 0.15) is 12.4 Å². The van der Waals surface area contributed by atoms with E-state index in [1.54, 1.807) is 48.5 Å². The second kappa shape index (κ2) is 9.94. The van der Waals surface area contributed by atoms with Crippen molar-refractivity contribution in [2.45, 2.75) is 13.5 Å². The number of nitrogens with zero attached hydrogens (tertiary/aromatic N) is 1. The molecule has 0 radical (unpaired) electrons. The van der Waals surface area contributed by atoms with Gasteiger partial charge >= 0.3 is 0 Å². The van der Waals surface area contributed by atoms with Crippen molar-refractivity contribution >= 4 is 46.9 Å². The highest BCUT2D eigenvalue weighted by molar-refractivity contribution is 6.37. The number of nitrogens with one attached hydrogen (secondary N) is 1. The summed E-state index contributed by atoms with van der Waals surface area (Å²) in [4.78, 5) is 12.2. The van der Waals surface area contributed by atoms with Crippen molar-refractivity contribution in [2.24, 2.45) is 5.10 Å². The van der Waals surface area contributed by atoms with Crippen LogP contribution in [0, 0.1) is 12.7 Å². The van der Waals surface area contributed by atoms with Crippen LogP contribution in [0.5, 0.6) is 5.75 Å². The average Bonchev–Trinajstić information content (AvgIpc) is 2.68. The molecule has 0 spiro atoms. The maximum atomic E-state index is 13.7. The Morgan fingerprint density at radius 1 is 1.07 bits per heavy atom. The minimum atomic E-state index is -0.446.